The number of rotatable bonds is 10. The second kappa shape index (κ2) is 16.2. The Kier molecular flexibility index (Phi) is 13.2. The number of nitrogens with one attached hydrogen (secondary N) is 1. The SMILES string of the molecule is CC(=O)N[C@H]1[C@H](O[C@H]2[C@@H](O)[C@@H](CO)OC(O)[C@@H]2O)O[C@H](CO)[C@@H](O[C@@H]2O[C@H](CO)[C@H](O)[C@H](O)[C@H]2O[C@@H]2O[C@@H](C)[C@@H](O)[C@@H](O)[C@@H]2O)[C@@H]1O. The lowest BCUT2D eigenvalue weighted by Gasteiger charge is -2.50. The van der Waals surface area contributed by atoms with Crippen LogP contribution in [0.3, 0.4) is 0 Å². The van der Waals surface area contributed by atoms with Gasteiger partial charge in [0.1, 0.15) is 91.5 Å². The fraction of sp³-hybridized carbons (Fsp3) is 0.962. The molecule has 1 unspecified atom stereocenters. The number of hydrogen-bond donors (Lipinski definition) is 13. The molecule has 4 saturated heterocycles. The van der Waals surface area contributed by atoms with Gasteiger partial charge in [0, 0.05) is 6.92 Å². The highest BCUT2D eigenvalue weighted by molar-refractivity contribution is 5.73. The van der Waals surface area contributed by atoms with E-state index in [4.69, 9.17) is 33.2 Å². The highest BCUT2D eigenvalue weighted by Crippen LogP contribution is 2.34. The molecule has 21 nitrogen and oxygen atoms in total. The van der Waals surface area contributed by atoms with Crippen LogP contribution in [0.25, 0.3) is 0 Å². The smallest absolute Gasteiger partial charge is 0.217 e. The maximum atomic E-state index is 12.1. The van der Waals surface area contributed by atoms with Crippen molar-refractivity contribution in [1.82, 2.24) is 5.32 Å². The van der Waals surface area contributed by atoms with Gasteiger partial charge in [0.2, 0.25) is 5.91 Å². The summed E-state index contributed by atoms with van der Waals surface area (Å²) in [6.45, 7) is -0.108. The Hall–Kier alpha value is -1.29. The molecular formula is C26H45NO20. The molecule has 4 rings (SSSR count). The van der Waals surface area contributed by atoms with Gasteiger partial charge >= 0.3 is 0 Å². The molecule has 13 N–H and O–H groups in total. The van der Waals surface area contributed by atoms with Gasteiger partial charge < -0.3 is 99.8 Å². The van der Waals surface area contributed by atoms with Gasteiger partial charge in [0.25, 0.3) is 0 Å². The monoisotopic (exact) mass is 691 g/mol. The van der Waals surface area contributed by atoms with Crippen molar-refractivity contribution < 1.29 is 99.2 Å². The van der Waals surface area contributed by atoms with Gasteiger partial charge in [-0.2, -0.15) is 0 Å². The Balaban J connectivity index is 1.59. The zero-order chi connectivity index (χ0) is 34.9. The molecule has 4 aliphatic rings. The first-order valence-electron chi connectivity index (χ1n) is 15.0. The van der Waals surface area contributed by atoms with Gasteiger partial charge in [-0.3, -0.25) is 4.79 Å². The maximum Gasteiger partial charge on any atom is 0.217 e. The van der Waals surface area contributed by atoms with E-state index in [1.807, 2.05) is 0 Å². The van der Waals surface area contributed by atoms with E-state index >= 15 is 0 Å². The van der Waals surface area contributed by atoms with E-state index < -0.39 is 148 Å². The average molecular weight is 692 g/mol. The molecule has 0 aromatic rings. The van der Waals surface area contributed by atoms with Gasteiger partial charge in [-0.25, -0.2) is 0 Å². The first-order valence-corrected chi connectivity index (χ1v) is 15.0. The average Bonchev–Trinajstić information content (AvgIpc) is 3.04. The van der Waals surface area contributed by atoms with Crippen LogP contribution >= 0.6 is 0 Å². The predicted molar refractivity (Wildman–Crippen MR) is 144 cm³/mol. The predicted octanol–water partition coefficient (Wildman–Crippen LogP) is -8.58. The number of carbonyl (C=O) groups is 1. The number of hydrogen-bond acceptors (Lipinski definition) is 20. The fourth-order valence-corrected chi connectivity index (χ4v) is 5.87. The van der Waals surface area contributed by atoms with Crippen LogP contribution in [0.15, 0.2) is 0 Å². The lowest BCUT2D eigenvalue weighted by Crippen LogP contribution is -2.69. The summed E-state index contributed by atoms with van der Waals surface area (Å²) >= 11 is 0. The van der Waals surface area contributed by atoms with Crippen molar-refractivity contribution in [2.24, 2.45) is 0 Å². The van der Waals surface area contributed by atoms with Crippen LogP contribution < -0.4 is 5.32 Å². The van der Waals surface area contributed by atoms with Crippen LogP contribution in [-0.2, 0) is 38.0 Å². The molecule has 0 aromatic heterocycles. The Labute approximate surface area is 267 Å². The van der Waals surface area contributed by atoms with Crippen LogP contribution in [0.2, 0.25) is 0 Å². The Morgan fingerprint density at radius 1 is 0.553 bits per heavy atom. The third kappa shape index (κ3) is 8.04. The molecule has 0 bridgehead atoms. The Morgan fingerprint density at radius 3 is 1.70 bits per heavy atom. The summed E-state index contributed by atoms with van der Waals surface area (Å²) < 4.78 is 38.9. The topological polar surface area (TPSA) is 336 Å². The van der Waals surface area contributed by atoms with Crippen LogP contribution in [0.1, 0.15) is 13.8 Å². The van der Waals surface area contributed by atoms with Crippen LogP contribution in [-0.4, -0.2) is 210 Å². The van der Waals surface area contributed by atoms with Gasteiger partial charge in [0.15, 0.2) is 25.2 Å². The summed E-state index contributed by atoms with van der Waals surface area (Å²) in [7, 11) is 0. The molecule has 4 fully saturated rings. The molecule has 4 heterocycles. The highest BCUT2D eigenvalue weighted by Gasteiger charge is 2.55. The molecule has 0 aliphatic carbocycles. The van der Waals surface area contributed by atoms with E-state index in [2.05, 4.69) is 5.32 Å². The largest absolute Gasteiger partial charge is 0.394 e. The van der Waals surface area contributed by atoms with Crippen molar-refractivity contribution in [3.63, 3.8) is 0 Å². The maximum absolute atomic E-state index is 12.1. The Morgan fingerprint density at radius 2 is 1.11 bits per heavy atom. The number of aliphatic hydroxyl groups is 12. The van der Waals surface area contributed by atoms with Crippen LogP contribution in [0.4, 0.5) is 0 Å². The van der Waals surface area contributed by atoms with Gasteiger partial charge in [-0.05, 0) is 6.92 Å². The first kappa shape index (κ1) is 38.5. The molecule has 0 saturated carbocycles. The minimum Gasteiger partial charge on any atom is -0.394 e. The van der Waals surface area contributed by atoms with E-state index in [-0.39, 0.29) is 0 Å². The first-order chi connectivity index (χ1) is 22.1. The van der Waals surface area contributed by atoms with E-state index in [0.29, 0.717) is 0 Å². The van der Waals surface area contributed by atoms with Crippen molar-refractivity contribution in [2.45, 2.75) is 137 Å². The molecule has 47 heavy (non-hydrogen) atoms. The summed E-state index contributed by atoms with van der Waals surface area (Å²) in [5.74, 6) is -0.735. The van der Waals surface area contributed by atoms with Crippen molar-refractivity contribution in [3.05, 3.63) is 0 Å². The minimum atomic E-state index is -1.92. The second-order valence-electron chi connectivity index (χ2n) is 11.9. The highest BCUT2D eigenvalue weighted by atomic mass is 16.8. The molecule has 274 valence electrons. The minimum absolute atomic E-state index is 0.735. The number of amides is 1. The zero-order valence-corrected chi connectivity index (χ0v) is 25.3. The second-order valence-corrected chi connectivity index (χ2v) is 11.9. The third-order valence-corrected chi connectivity index (χ3v) is 8.57. The summed E-state index contributed by atoms with van der Waals surface area (Å²) in [6.07, 6.45) is -32.3. The van der Waals surface area contributed by atoms with Gasteiger partial charge in [0.05, 0.1) is 25.9 Å². The van der Waals surface area contributed by atoms with Gasteiger partial charge in [-0.1, -0.05) is 0 Å². The molecule has 4 aliphatic heterocycles. The quantitative estimate of drug-likeness (QED) is 0.101. The zero-order valence-electron chi connectivity index (χ0n) is 25.3. The molecule has 0 aromatic carbocycles. The normalized spacial score (nSPS) is 51.0. The van der Waals surface area contributed by atoms with E-state index in [9.17, 15) is 66.1 Å². The number of ether oxygens (including phenoxy) is 7. The summed E-state index contributed by atoms with van der Waals surface area (Å²) in [6, 6.07) is -1.58. The summed E-state index contributed by atoms with van der Waals surface area (Å²) in [4.78, 5) is 12.1. The standard InChI is InChI=1S/C26H45NO20/c1-6-12(32)16(36)18(38)25(41-6)47-22-17(37)13(33)8(3-28)43-26(22)45-20-10(5-30)44-24(11(15(20)35)27-7(2)31)46-21-14(34)9(4-29)42-23(40)19(21)39/h6,8-26,28-30,32-40H,3-5H2,1-2H3,(H,27,31)/t6-,8+,9+,10+,11+,12+,13-,14-,15+,16+,17-,18-,19+,20+,21-,22+,23?,24-,25-,26-/m0/s1. The lowest BCUT2D eigenvalue weighted by atomic mass is 9.94. The van der Waals surface area contributed by atoms with Crippen molar-refractivity contribution in [2.75, 3.05) is 19.8 Å². The fourth-order valence-electron chi connectivity index (χ4n) is 5.87. The summed E-state index contributed by atoms with van der Waals surface area (Å²) in [5.41, 5.74) is 0. The molecule has 0 radical (unpaired) electrons. The Bertz CT molecular complexity index is 1010. The number of aliphatic hydroxyl groups excluding tert-OH is 12. The third-order valence-electron chi connectivity index (χ3n) is 8.57. The van der Waals surface area contributed by atoms with E-state index in [0.717, 1.165) is 6.92 Å². The molecule has 21 heteroatoms. The van der Waals surface area contributed by atoms with Crippen LogP contribution in [0.5, 0.6) is 0 Å². The molecular weight excluding hydrogens is 646 g/mol. The molecule has 1 amide bonds. The van der Waals surface area contributed by atoms with Crippen LogP contribution in [0, 0.1) is 0 Å². The lowest BCUT2D eigenvalue weighted by molar-refractivity contribution is -0.387. The van der Waals surface area contributed by atoms with E-state index in [1.165, 1.54) is 6.92 Å². The molecule has 20 atom stereocenters. The molecule has 0 spiro atoms. The van der Waals surface area contributed by atoms with Gasteiger partial charge in [-0.15, -0.1) is 0 Å². The van der Waals surface area contributed by atoms with Crippen molar-refractivity contribution in [3.8, 4) is 0 Å². The van der Waals surface area contributed by atoms with Crippen molar-refractivity contribution in [1.29, 1.82) is 0 Å². The van der Waals surface area contributed by atoms with Crippen molar-refractivity contribution >= 4 is 5.91 Å². The van der Waals surface area contributed by atoms with E-state index in [1.54, 1.807) is 0 Å². The summed E-state index contributed by atoms with van der Waals surface area (Å²) in [5, 5.41) is 126. The number of carbonyl (C=O) groups excluding carboxylic acids is 1.